The van der Waals surface area contributed by atoms with Crippen molar-refractivity contribution in [1.29, 1.82) is 0 Å². The Bertz CT molecular complexity index is 723. The van der Waals surface area contributed by atoms with Crippen LogP contribution in [0.4, 0.5) is 0 Å². The summed E-state index contributed by atoms with van der Waals surface area (Å²) in [4.78, 5) is 23.0. The zero-order valence-electron chi connectivity index (χ0n) is 13.6. The van der Waals surface area contributed by atoms with Gasteiger partial charge in [-0.25, -0.2) is 4.98 Å². The number of aryl methyl sites for hydroxylation is 1. The molecule has 1 aliphatic heterocycles. The van der Waals surface area contributed by atoms with Crippen molar-refractivity contribution in [2.75, 3.05) is 19.7 Å². The van der Waals surface area contributed by atoms with Gasteiger partial charge in [0.15, 0.2) is 0 Å². The molecule has 0 radical (unpaired) electrons. The van der Waals surface area contributed by atoms with Gasteiger partial charge < -0.3 is 9.64 Å². The first-order valence-corrected chi connectivity index (χ1v) is 8.87. The number of nitrogens with zero attached hydrogens (tertiary/aromatic N) is 3. The number of halogens is 1. The van der Waals surface area contributed by atoms with E-state index in [0.717, 1.165) is 29.6 Å². The quantitative estimate of drug-likeness (QED) is 0.802. The van der Waals surface area contributed by atoms with Crippen molar-refractivity contribution in [3.8, 4) is 5.88 Å². The van der Waals surface area contributed by atoms with Gasteiger partial charge in [-0.15, -0.1) is 0 Å². The number of likely N-dealkylation sites (tertiary alicyclic amines) is 1. The molecule has 0 aromatic carbocycles. The molecule has 1 unspecified atom stereocenters. The summed E-state index contributed by atoms with van der Waals surface area (Å²) in [6.45, 7) is 4.01. The smallest absolute Gasteiger partial charge is 0.255 e. The van der Waals surface area contributed by atoms with E-state index >= 15 is 0 Å². The Morgan fingerprint density at radius 1 is 1.42 bits per heavy atom. The molecule has 2 aromatic rings. The van der Waals surface area contributed by atoms with E-state index < -0.39 is 0 Å². The van der Waals surface area contributed by atoms with Crippen LogP contribution in [0.1, 0.15) is 28.9 Å². The van der Waals surface area contributed by atoms with Gasteiger partial charge in [-0.3, -0.25) is 9.78 Å². The first-order chi connectivity index (χ1) is 11.6. The van der Waals surface area contributed by atoms with Crippen LogP contribution in [-0.4, -0.2) is 40.5 Å². The molecule has 0 N–H and O–H groups in total. The molecule has 5 nitrogen and oxygen atoms in total. The van der Waals surface area contributed by atoms with Crippen molar-refractivity contribution in [3.63, 3.8) is 0 Å². The van der Waals surface area contributed by atoms with Crippen molar-refractivity contribution in [3.05, 3.63) is 52.4 Å². The highest BCUT2D eigenvalue weighted by Crippen LogP contribution is 2.20. The van der Waals surface area contributed by atoms with Gasteiger partial charge in [0.1, 0.15) is 0 Å². The average Bonchev–Trinajstić information content (AvgIpc) is 2.60. The highest BCUT2D eigenvalue weighted by Gasteiger charge is 2.25. The van der Waals surface area contributed by atoms with Crippen LogP contribution in [0, 0.1) is 12.8 Å². The van der Waals surface area contributed by atoms with E-state index in [2.05, 4.69) is 25.9 Å². The van der Waals surface area contributed by atoms with Crippen LogP contribution in [0.3, 0.4) is 0 Å². The fourth-order valence-electron chi connectivity index (χ4n) is 2.90. The van der Waals surface area contributed by atoms with Gasteiger partial charge in [0, 0.05) is 47.6 Å². The number of rotatable bonds is 4. The molecule has 1 aliphatic rings. The lowest BCUT2D eigenvalue weighted by atomic mass is 9.98. The highest BCUT2D eigenvalue weighted by molar-refractivity contribution is 9.10. The summed E-state index contributed by atoms with van der Waals surface area (Å²) >= 11 is 3.36. The van der Waals surface area contributed by atoms with Crippen LogP contribution in [0.15, 0.2) is 41.1 Å². The maximum absolute atomic E-state index is 12.6. The van der Waals surface area contributed by atoms with E-state index in [-0.39, 0.29) is 5.91 Å². The van der Waals surface area contributed by atoms with Crippen molar-refractivity contribution >= 4 is 21.8 Å². The number of hydrogen-bond acceptors (Lipinski definition) is 4. The number of carbonyl (C=O) groups excluding carboxylic acids is 1. The standard InChI is InChI=1S/C18H20BrN3O2/c1-13-4-2-6-17(21-13)24-12-14-5-3-7-22(11-14)18(23)15-8-16(19)10-20-9-15/h2,4,6,8-10,14H,3,5,7,11-12H2,1H3. The first kappa shape index (κ1) is 16.9. The Morgan fingerprint density at radius 3 is 3.08 bits per heavy atom. The Kier molecular flexibility index (Phi) is 5.45. The summed E-state index contributed by atoms with van der Waals surface area (Å²) in [5.41, 5.74) is 1.56. The third-order valence-corrected chi connectivity index (χ3v) is 4.52. The normalized spacial score (nSPS) is 17.6. The highest BCUT2D eigenvalue weighted by atomic mass is 79.9. The molecule has 2 aromatic heterocycles. The summed E-state index contributed by atoms with van der Waals surface area (Å²) in [5, 5.41) is 0. The van der Waals surface area contributed by atoms with Crippen LogP contribution >= 0.6 is 15.9 Å². The number of hydrogen-bond donors (Lipinski definition) is 0. The van der Waals surface area contributed by atoms with Crippen LogP contribution in [0.25, 0.3) is 0 Å². The summed E-state index contributed by atoms with van der Waals surface area (Å²) < 4.78 is 6.63. The maximum Gasteiger partial charge on any atom is 0.255 e. The molecule has 1 amide bonds. The Morgan fingerprint density at radius 2 is 2.29 bits per heavy atom. The molecule has 6 heteroatoms. The second-order valence-corrected chi connectivity index (χ2v) is 7.00. The molecule has 126 valence electrons. The molecule has 3 heterocycles. The Labute approximate surface area is 150 Å². The second-order valence-electron chi connectivity index (χ2n) is 6.08. The van der Waals surface area contributed by atoms with E-state index in [1.807, 2.05) is 36.1 Å². The topological polar surface area (TPSA) is 55.3 Å². The van der Waals surface area contributed by atoms with Crippen LogP contribution in [-0.2, 0) is 0 Å². The minimum atomic E-state index is 0.0298. The molecule has 0 spiro atoms. The molecule has 0 saturated carbocycles. The predicted molar refractivity (Wildman–Crippen MR) is 95.0 cm³/mol. The fourth-order valence-corrected chi connectivity index (χ4v) is 3.26. The number of aromatic nitrogens is 2. The first-order valence-electron chi connectivity index (χ1n) is 8.08. The number of pyridine rings is 2. The maximum atomic E-state index is 12.6. The van der Waals surface area contributed by atoms with E-state index in [1.165, 1.54) is 0 Å². The van der Waals surface area contributed by atoms with E-state index in [1.54, 1.807) is 12.4 Å². The van der Waals surface area contributed by atoms with E-state index in [9.17, 15) is 4.79 Å². The minimum absolute atomic E-state index is 0.0298. The molecule has 1 saturated heterocycles. The summed E-state index contributed by atoms with van der Waals surface area (Å²) in [7, 11) is 0. The van der Waals surface area contributed by atoms with E-state index in [4.69, 9.17) is 4.74 Å². The lowest BCUT2D eigenvalue weighted by molar-refractivity contribution is 0.0630. The van der Waals surface area contributed by atoms with Gasteiger partial charge in [-0.05, 0) is 47.8 Å². The third-order valence-electron chi connectivity index (χ3n) is 4.09. The van der Waals surface area contributed by atoms with Gasteiger partial charge in [0.05, 0.1) is 12.2 Å². The van der Waals surface area contributed by atoms with Crippen molar-refractivity contribution in [1.82, 2.24) is 14.9 Å². The summed E-state index contributed by atoms with van der Waals surface area (Å²) in [6.07, 6.45) is 5.34. The monoisotopic (exact) mass is 389 g/mol. The van der Waals surface area contributed by atoms with Gasteiger partial charge in [-0.2, -0.15) is 0 Å². The van der Waals surface area contributed by atoms with Crippen molar-refractivity contribution < 1.29 is 9.53 Å². The molecule has 1 atom stereocenters. The largest absolute Gasteiger partial charge is 0.477 e. The summed E-state index contributed by atoms with van der Waals surface area (Å²) in [5.74, 6) is 1.00. The van der Waals surface area contributed by atoms with Crippen LogP contribution < -0.4 is 4.74 Å². The van der Waals surface area contributed by atoms with Crippen molar-refractivity contribution in [2.45, 2.75) is 19.8 Å². The van der Waals surface area contributed by atoms with Gasteiger partial charge in [0.2, 0.25) is 5.88 Å². The number of ether oxygens (including phenoxy) is 1. The predicted octanol–water partition coefficient (Wildman–Crippen LogP) is 3.48. The van der Waals surface area contributed by atoms with Gasteiger partial charge in [0.25, 0.3) is 5.91 Å². The molecule has 3 rings (SSSR count). The SMILES string of the molecule is Cc1cccc(OCC2CCCN(C(=O)c3cncc(Br)c3)C2)n1. The molecular formula is C18H20BrN3O2. The molecular weight excluding hydrogens is 370 g/mol. The number of carbonyl (C=O) groups is 1. The lowest BCUT2D eigenvalue weighted by Gasteiger charge is -2.32. The van der Waals surface area contributed by atoms with Gasteiger partial charge >= 0.3 is 0 Å². The molecule has 24 heavy (non-hydrogen) atoms. The minimum Gasteiger partial charge on any atom is -0.477 e. The number of piperidine rings is 1. The van der Waals surface area contributed by atoms with E-state index in [0.29, 0.717) is 30.5 Å². The third kappa shape index (κ3) is 4.32. The number of amides is 1. The fraction of sp³-hybridized carbons (Fsp3) is 0.389. The lowest BCUT2D eigenvalue weighted by Crippen LogP contribution is -2.41. The Hall–Kier alpha value is -1.95. The second kappa shape index (κ2) is 7.75. The molecule has 1 fully saturated rings. The molecule has 0 aliphatic carbocycles. The zero-order valence-corrected chi connectivity index (χ0v) is 15.2. The molecule has 0 bridgehead atoms. The summed E-state index contributed by atoms with van der Waals surface area (Å²) in [6, 6.07) is 7.56. The zero-order chi connectivity index (χ0) is 16.9. The van der Waals surface area contributed by atoms with Gasteiger partial charge in [-0.1, -0.05) is 6.07 Å². The Balaban J connectivity index is 1.59. The average molecular weight is 390 g/mol. The van der Waals surface area contributed by atoms with Crippen LogP contribution in [0.2, 0.25) is 0 Å². The van der Waals surface area contributed by atoms with Crippen molar-refractivity contribution in [2.24, 2.45) is 5.92 Å². The van der Waals surface area contributed by atoms with Crippen LogP contribution in [0.5, 0.6) is 5.88 Å².